The van der Waals surface area contributed by atoms with Crippen LogP contribution in [-0.2, 0) is 4.74 Å². The third-order valence-electron chi connectivity index (χ3n) is 1.99. The summed E-state index contributed by atoms with van der Waals surface area (Å²) < 4.78 is 45.1. The maximum Gasteiger partial charge on any atom is 0.411 e. The quantitative estimate of drug-likeness (QED) is 0.366. The van der Waals surface area contributed by atoms with Gasteiger partial charge in [0.25, 0.3) is 0 Å². The predicted octanol–water partition coefficient (Wildman–Crippen LogP) is 3.50. The van der Waals surface area contributed by atoms with Crippen LogP contribution in [0.25, 0.3) is 0 Å². The Hall–Kier alpha value is -1.38. The predicted molar refractivity (Wildman–Crippen MR) is 66.3 cm³/mol. The molecule has 19 heavy (non-hydrogen) atoms. The number of benzene rings is 1. The van der Waals surface area contributed by atoms with Crippen LogP contribution in [0, 0.1) is 18.8 Å². The van der Waals surface area contributed by atoms with Crippen molar-refractivity contribution in [1.82, 2.24) is 0 Å². The van der Waals surface area contributed by atoms with Crippen LogP contribution in [-0.4, -0.2) is 25.5 Å². The molecule has 0 aromatic heterocycles. The first kappa shape index (κ1) is 15.7. The van der Waals surface area contributed by atoms with E-state index in [1.165, 1.54) is 0 Å². The third-order valence-corrected chi connectivity index (χ3v) is 2.12. The molecule has 1 aromatic rings. The van der Waals surface area contributed by atoms with E-state index in [0.717, 1.165) is 5.56 Å². The summed E-state index contributed by atoms with van der Waals surface area (Å²) in [4.78, 5) is 0. The first-order chi connectivity index (χ1) is 8.92. The van der Waals surface area contributed by atoms with Crippen LogP contribution in [0.2, 0.25) is 0 Å². The van der Waals surface area contributed by atoms with Gasteiger partial charge in [-0.2, -0.15) is 13.2 Å². The molecule has 0 aliphatic carbocycles. The van der Waals surface area contributed by atoms with Crippen molar-refractivity contribution in [2.45, 2.75) is 13.1 Å². The lowest BCUT2D eigenvalue weighted by atomic mass is 10.1. The third kappa shape index (κ3) is 6.37. The van der Waals surface area contributed by atoms with E-state index in [2.05, 4.69) is 16.6 Å². The number of hydrogen-bond acceptors (Lipinski definition) is 2. The standard InChI is InChI=1S/C13H12ClF3O2/c1-10-4-5-12(11(7-10)3-2-6-14)19-9-18-8-13(15,16)17/h4-5,7H,6,8-9H2,1H3. The lowest BCUT2D eigenvalue weighted by Gasteiger charge is -2.11. The van der Waals surface area contributed by atoms with E-state index >= 15 is 0 Å². The van der Waals surface area contributed by atoms with Crippen LogP contribution in [0.5, 0.6) is 5.75 Å². The molecule has 0 aliphatic heterocycles. The number of rotatable bonds is 4. The minimum atomic E-state index is -4.36. The van der Waals surface area contributed by atoms with Gasteiger partial charge in [0.05, 0.1) is 11.4 Å². The second-order valence-corrected chi connectivity index (χ2v) is 3.93. The Kier molecular flexibility index (Phi) is 6.00. The van der Waals surface area contributed by atoms with Crippen molar-refractivity contribution in [3.05, 3.63) is 29.3 Å². The van der Waals surface area contributed by atoms with Crippen molar-refractivity contribution in [1.29, 1.82) is 0 Å². The molecule has 0 saturated carbocycles. The van der Waals surface area contributed by atoms with Gasteiger partial charge in [0.2, 0.25) is 0 Å². The van der Waals surface area contributed by atoms with Crippen molar-refractivity contribution < 1.29 is 22.6 Å². The van der Waals surface area contributed by atoms with E-state index in [0.29, 0.717) is 11.3 Å². The summed E-state index contributed by atoms with van der Waals surface area (Å²) in [5.74, 6) is 5.97. The van der Waals surface area contributed by atoms with Crippen molar-refractivity contribution in [3.63, 3.8) is 0 Å². The molecule has 0 N–H and O–H groups in total. The monoisotopic (exact) mass is 292 g/mol. The number of halogens is 4. The van der Waals surface area contributed by atoms with Gasteiger partial charge in [0, 0.05) is 0 Å². The van der Waals surface area contributed by atoms with Gasteiger partial charge in [-0.1, -0.05) is 17.9 Å². The Morgan fingerprint density at radius 2 is 2.05 bits per heavy atom. The van der Waals surface area contributed by atoms with Crippen LogP contribution in [0.3, 0.4) is 0 Å². The van der Waals surface area contributed by atoms with Crippen LogP contribution < -0.4 is 4.74 Å². The summed E-state index contributed by atoms with van der Waals surface area (Å²) in [6.45, 7) is 0.0372. The normalized spacial score (nSPS) is 10.8. The highest BCUT2D eigenvalue weighted by molar-refractivity contribution is 6.19. The van der Waals surface area contributed by atoms with Gasteiger partial charge in [-0.05, 0) is 24.6 Å². The molecule has 1 rings (SSSR count). The van der Waals surface area contributed by atoms with Crippen LogP contribution in [0.4, 0.5) is 13.2 Å². The highest BCUT2D eigenvalue weighted by Gasteiger charge is 2.27. The lowest BCUT2D eigenvalue weighted by molar-refractivity contribution is -0.186. The molecule has 0 saturated heterocycles. The summed E-state index contributed by atoms with van der Waals surface area (Å²) in [5, 5.41) is 0. The minimum absolute atomic E-state index is 0.165. The SMILES string of the molecule is Cc1ccc(OCOCC(F)(F)F)c(C#CCCl)c1. The summed E-state index contributed by atoms with van der Waals surface area (Å²) in [6, 6.07) is 5.16. The minimum Gasteiger partial charge on any atom is -0.466 e. The topological polar surface area (TPSA) is 18.5 Å². The average molecular weight is 293 g/mol. The Morgan fingerprint density at radius 1 is 1.32 bits per heavy atom. The molecular weight excluding hydrogens is 281 g/mol. The van der Waals surface area contributed by atoms with Crippen LogP contribution in [0.15, 0.2) is 18.2 Å². The molecule has 104 valence electrons. The zero-order valence-electron chi connectivity index (χ0n) is 10.2. The van der Waals surface area contributed by atoms with E-state index in [9.17, 15) is 13.2 Å². The lowest BCUT2D eigenvalue weighted by Crippen LogP contribution is -2.19. The second-order valence-electron chi connectivity index (χ2n) is 3.66. The van der Waals surface area contributed by atoms with Gasteiger partial charge < -0.3 is 9.47 Å². The molecular formula is C13H12ClF3O2. The number of aryl methyl sites for hydroxylation is 1. The molecule has 0 radical (unpaired) electrons. The van der Waals surface area contributed by atoms with Gasteiger partial charge >= 0.3 is 6.18 Å². The molecule has 0 atom stereocenters. The maximum atomic E-state index is 11.9. The van der Waals surface area contributed by atoms with Crippen molar-refractivity contribution in [3.8, 4) is 17.6 Å². The molecule has 0 heterocycles. The Labute approximate surface area is 114 Å². The number of ether oxygens (including phenoxy) is 2. The number of alkyl halides is 4. The maximum absolute atomic E-state index is 11.9. The zero-order chi connectivity index (χ0) is 14.3. The molecule has 1 aromatic carbocycles. The smallest absolute Gasteiger partial charge is 0.411 e. The van der Waals surface area contributed by atoms with Crippen LogP contribution >= 0.6 is 11.6 Å². The van der Waals surface area contributed by atoms with E-state index in [1.54, 1.807) is 18.2 Å². The molecule has 0 bridgehead atoms. The molecule has 6 heteroatoms. The van der Waals surface area contributed by atoms with Crippen LogP contribution in [0.1, 0.15) is 11.1 Å². The summed E-state index contributed by atoms with van der Waals surface area (Å²) in [7, 11) is 0. The van der Waals surface area contributed by atoms with Gasteiger partial charge in [-0.25, -0.2) is 0 Å². The number of hydrogen-bond donors (Lipinski definition) is 0. The van der Waals surface area contributed by atoms with E-state index in [1.807, 2.05) is 6.92 Å². The second kappa shape index (κ2) is 7.27. The molecule has 0 spiro atoms. The Morgan fingerprint density at radius 3 is 2.68 bits per heavy atom. The van der Waals surface area contributed by atoms with E-state index in [4.69, 9.17) is 16.3 Å². The fraction of sp³-hybridized carbons (Fsp3) is 0.385. The highest BCUT2D eigenvalue weighted by Crippen LogP contribution is 2.20. The fourth-order valence-electron chi connectivity index (χ4n) is 1.26. The molecule has 2 nitrogen and oxygen atoms in total. The molecule has 0 unspecified atom stereocenters. The van der Waals surface area contributed by atoms with E-state index < -0.39 is 19.6 Å². The largest absolute Gasteiger partial charge is 0.466 e. The highest BCUT2D eigenvalue weighted by atomic mass is 35.5. The van der Waals surface area contributed by atoms with Gasteiger partial charge in [-0.3, -0.25) is 0 Å². The van der Waals surface area contributed by atoms with Gasteiger partial charge in [0.1, 0.15) is 12.4 Å². The summed E-state index contributed by atoms with van der Waals surface area (Å²) in [6.07, 6.45) is -4.36. The van der Waals surface area contributed by atoms with Crippen molar-refractivity contribution in [2.24, 2.45) is 0 Å². The fourth-order valence-corrected chi connectivity index (χ4v) is 1.33. The average Bonchev–Trinajstić information content (AvgIpc) is 2.32. The Balaban J connectivity index is 2.62. The summed E-state index contributed by atoms with van der Waals surface area (Å²) >= 11 is 5.46. The van der Waals surface area contributed by atoms with Gasteiger partial charge in [-0.15, -0.1) is 11.6 Å². The van der Waals surface area contributed by atoms with E-state index in [-0.39, 0.29) is 5.88 Å². The van der Waals surface area contributed by atoms with Crippen molar-refractivity contribution in [2.75, 3.05) is 19.3 Å². The molecule has 0 aliphatic rings. The summed E-state index contributed by atoms with van der Waals surface area (Å²) in [5.41, 5.74) is 1.53. The molecule has 0 fully saturated rings. The van der Waals surface area contributed by atoms with Crippen molar-refractivity contribution >= 4 is 11.6 Å². The zero-order valence-corrected chi connectivity index (χ0v) is 10.9. The van der Waals surface area contributed by atoms with Gasteiger partial charge in [0.15, 0.2) is 6.79 Å². The Bertz CT molecular complexity index is 475. The molecule has 0 amide bonds. The first-order valence-corrected chi connectivity index (χ1v) is 5.88. The first-order valence-electron chi connectivity index (χ1n) is 5.35.